The summed E-state index contributed by atoms with van der Waals surface area (Å²) in [6.45, 7) is 3.65. The molecule has 0 saturated heterocycles. The Morgan fingerprint density at radius 2 is 2.24 bits per heavy atom. The number of nitrogens with zero attached hydrogens (tertiary/aromatic N) is 3. The normalized spacial score (nSPS) is 12.4. The molecule has 0 radical (unpaired) electrons. The van der Waals surface area contributed by atoms with Crippen LogP contribution in [0, 0.1) is 5.92 Å². The van der Waals surface area contributed by atoms with E-state index in [2.05, 4.69) is 10.1 Å². The molecule has 0 aliphatic carbocycles. The summed E-state index contributed by atoms with van der Waals surface area (Å²) in [4.78, 5) is 26.8. The zero-order chi connectivity index (χ0) is 12.8. The molecule has 0 spiro atoms. The van der Waals surface area contributed by atoms with Gasteiger partial charge in [-0.1, -0.05) is 13.8 Å². The molecule has 0 aliphatic rings. The molecule has 0 aliphatic heterocycles. The minimum atomic E-state index is -0.206. The van der Waals surface area contributed by atoms with Gasteiger partial charge in [-0.05, 0) is 0 Å². The topological polar surface area (TPSA) is 74.1 Å². The van der Waals surface area contributed by atoms with Crippen LogP contribution in [0.2, 0.25) is 0 Å². The van der Waals surface area contributed by atoms with E-state index in [-0.39, 0.29) is 24.2 Å². The molecule has 1 unspecified atom stereocenters. The fourth-order valence-electron chi connectivity index (χ4n) is 1.35. The van der Waals surface area contributed by atoms with Gasteiger partial charge in [-0.2, -0.15) is 4.68 Å². The van der Waals surface area contributed by atoms with Gasteiger partial charge in [-0.3, -0.25) is 9.59 Å². The van der Waals surface area contributed by atoms with E-state index >= 15 is 0 Å². The van der Waals surface area contributed by atoms with Crippen LogP contribution < -0.4 is 0 Å². The molecule has 1 aromatic heterocycles. The first-order valence-electron chi connectivity index (χ1n) is 5.53. The summed E-state index contributed by atoms with van der Waals surface area (Å²) in [5.41, 5.74) is 0. The van der Waals surface area contributed by atoms with E-state index in [4.69, 9.17) is 4.74 Å². The fraction of sp³-hybridized carbons (Fsp3) is 0.636. The summed E-state index contributed by atoms with van der Waals surface area (Å²) in [6, 6.07) is 0. The Labute approximate surface area is 100.0 Å². The fourth-order valence-corrected chi connectivity index (χ4v) is 1.35. The van der Waals surface area contributed by atoms with Gasteiger partial charge in [0.25, 0.3) is 0 Å². The van der Waals surface area contributed by atoms with Crippen LogP contribution in [-0.2, 0) is 16.0 Å². The predicted octanol–water partition coefficient (Wildman–Crippen LogP) is 0.722. The minimum absolute atomic E-state index is 0.00525. The van der Waals surface area contributed by atoms with Gasteiger partial charge in [-0.15, -0.1) is 5.10 Å². The minimum Gasteiger partial charge on any atom is -0.377 e. The number of hydrogen-bond acceptors (Lipinski definition) is 5. The number of ketones is 1. The molecule has 94 valence electrons. The second kappa shape index (κ2) is 6.24. The SMILES string of the molecule is CCC(=O)n1cnc(CC(C)C(=O)COC)n1. The van der Waals surface area contributed by atoms with Crippen molar-refractivity contribution in [2.45, 2.75) is 26.7 Å². The predicted molar refractivity (Wildman–Crippen MR) is 60.7 cm³/mol. The third-order valence-electron chi connectivity index (χ3n) is 2.42. The lowest BCUT2D eigenvalue weighted by Gasteiger charge is -2.06. The Morgan fingerprint density at radius 3 is 2.82 bits per heavy atom. The Morgan fingerprint density at radius 1 is 1.53 bits per heavy atom. The van der Waals surface area contributed by atoms with Crippen LogP contribution >= 0.6 is 0 Å². The second-order valence-corrected chi connectivity index (χ2v) is 3.86. The van der Waals surface area contributed by atoms with Crippen LogP contribution in [0.15, 0.2) is 6.33 Å². The summed E-state index contributed by atoms with van der Waals surface area (Å²) in [5, 5.41) is 4.03. The Balaban J connectivity index is 2.60. The van der Waals surface area contributed by atoms with Gasteiger partial charge in [-0.25, -0.2) is 4.98 Å². The molecule has 0 saturated carbocycles. The van der Waals surface area contributed by atoms with Gasteiger partial charge in [0.2, 0.25) is 5.91 Å². The standard InChI is InChI=1S/C11H17N3O3/c1-4-11(16)14-7-12-10(13-14)5-8(2)9(15)6-17-3/h7-8H,4-6H2,1-3H3. The zero-order valence-electron chi connectivity index (χ0n) is 10.3. The van der Waals surface area contributed by atoms with Crippen LogP contribution in [0.3, 0.4) is 0 Å². The lowest BCUT2D eigenvalue weighted by Crippen LogP contribution is -2.19. The molecule has 6 heteroatoms. The van der Waals surface area contributed by atoms with Crippen LogP contribution in [0.1, 0.15) is 30.9 Å². The molecule has 1 heterocycles. The molecular weight excluding hydrogens is 222 g/mol. The van der Waals surface area contributed by atoms with E-state index in [1.54, 1.807) is 13.8 Å². The van der Waals surface area contributed by atoms with E-state index in [0.717, 1.165) is 0 Å². The monoisotopic (exact) mass is 239 g/mol. The van der Waals surface area contributed by atoms with E-state index in [1.165, 1.54) is 18.1 Å². The van der Waals surface area contributed by atoms with Crippen molar-refractivity contribution in [3.63, 3.8) is 0 Å². The van der Waals surface area contributed by atoms with Crippen molar-refractivity contribution >= 4 is 11.7 Å². The lowest BCUT2D eigenvalue weighted by molar-refractivity contribution is -0.126. The molecule has 6 nitrogen and oxygen atoms in total. The van der Waals surface area contributed by atoms with Crippen molar-refractivity contribution in [3.8, 4) is 0 Å². The van der Waals surface area contributed by atoms with Crippen LogP contribution in [-0.4, -0.2) is 40.2 Å². The van der Waals surface area contributed by atoms with Crippen LogP contribution in [0.25, 0.3) is 0 Å². The number of ether oxygens (including phenoxy) is 1. The maximum absolute atomic E-state index is 11.5. The van der Waals surface area contributed by atoms with Gasteiger partial charge >= 0.3 is 0 Å². The summed E-state index contributed by atoms with van der Waals surface area (Å²) in [5.74, 6) is 0.191. The number of hydrogen-bond donors (Lipinski definition) is 0. The third kappa shape index (κ3) is 3.74. The third-order valence-corrected chi connectivity index (χ3v) is 2.42. The summed E-state index contributed by atoms with van der Waals surface area (Å²) in [6.07, 6.45) is 2.18. The van der Waals surface area contributed by atoms with Gasteiger partial charge < -0.3 is 4.74 Å². The van der Waals surface area contributed by atoms with Crippen molar-refractivity contribution < 1.29 is 14.3 Å². The molecule has 0 amide bonds. The number of rotatable bonds is 6. The molecule has 17 heavy (non-hydrogen) atoms. The van der Waals surface area contributed by atoms with Gasteiger partial charge in [0.05, 0.1) is 0 Å². The number of Topliss-reactive ketones (excluding diaryl/α,β-unsaturated/α-hetero) is 1. The molecule has 0 N–H and O–H groups in total. The van der Waals surface area contributed by atoms with E-state index < -0.39 is 0 Å². The Hall–Kier alpha value is -1.56. The van der Waals surface area contributed by atoms with Crippen molar-refractivity contribution in [1.29, 1.82) is 0 Å². The van der Waals surface area contributed by atoms with E-state index in [9.17, 15) is 9.59 Å². The molecule has 1 rings (SSSR count). The van der Waals surface area contributed by atoms with Crippen molar-refractivity contribution in [2.24, 2.45) is 5.92 Å². The van der Waals surface area contributed by atoms with Crippen molar-refractivity contribution in [1.82, 2.24) is 14.8 Å². The maximum atomic E-state index is 11.5. The highest BCUT2D eigenvalue weighted by molar-refractivity contribution is 5.82. The lowest BCUT2D eigenvalue weighted by atomic mass is 10.0. The first kappa shape index (κ1) is 13.5. The molecule has 1 atom stereocenters. The second-order valence-electron chi connectivity index (χ2n) is 3.86. The molecular formula is C11H17N3O3. The maximum Gasteiger partial charge on any atom is 0.248 e. The average molecular weight is 239 g/mol. The summed E-state index contributed by atoms with van der Waals surface area (Å²) >= 11 is 0. The zero-order valence-corrected chi connectivity index (χ0v) is 10.3. The number of aromatic nitrogens is 3. The number of carbonyl (C=O) groups is 2. The molecule has 0 bridgehead atoms. The quantitative estimate of drug-likeness (QED) is 0.731. The average Bonchev–Trinajstić information content (AvgIpc) is 2.76. The molecule has 0 aromatic carbocycles. The smallest absolute Gasteiger partial charge is 0.248 e. The summed E-state index contributed by atoms with van der Waals surface area (Å²) in [7, 11) is 1.48. The molecule has 0 fully saturated rings. The first-order valence-corrected chi connectivity index (χ1v) is 5.53. The highest BCUT2D eigenvalue weighted by Gasteiger charge is 2.16. The number of methoxy groups -OCH3 is 1. The van der Waals surface area contributed by atoms with Crippen molar-refractivity contribution in [2.75, 3.05) is 13.7 Å². The van der Waals surface area contributed by atoms with Crippen LogP contribution in [0.5, 0.6) is 0 Å². The first-order chi connectivity index (χ1) is 8.08. The van der Waals surface area contributed by atoms with Crippen molar-refractivity contribution in [3.05, 3.63) is 12.2 Å². The summed E-state index contributed by atoms with van der Waals surface area (Å²) < 4.78 is 5.98. The van der Waals surface area contributed by atoms with Gasteiger partial charge in [0.15, 0.2) is 11.6 Å². The Kier molecular flexibility index (Phi) is 4.96. The van der Waals surface area contributed by atoms with E-state index in [1.807, 2.05) is 0 Å². The van der Waals surface area contributed by atoms with Gasteiger partial charge in [0.1, 0.15) is 12.9 Å². The Bertz CT molecular complexity index is 400. The van der Waals surface area contributed by atoms with Gasteiger partial charge in [0, 0.05) is 25.9 Å². The highest BCUT2D eigenvalue weighted by atomic mass is 16.5. The highest BCUT2D eigenvalue weighted by Crippen LogP contribution is 2.05. The molecule has 1 aromatic rings. The number of carbonyl (C=O) groups excluding carboxylic acids is 2. The van der Waals surface area contributed by atoms with E-state index in [0.29, 0.717) is 18.7 Å². The largest absolute Gasteiger partial charge is 0.377 e. The van der Waals surface area contributed by atoms with Crippen LogP contribution in [0.4, 0.5) is 0 Å².